The number of ketones is 1. The third kappa shape index (κ3) is 6.44. The van der Waals surface area contributed by atoms with Crippen LogP contribution in [-0.4, -0.2) is 54.5 Å². The number of ether oxygens (including phenoxy) is 2. The van der Waals surface area contributed by atoms with Crippen LogP contribution in [0, 0.1) is 5.92 Å². The molecule has 12 heteroatoms. The highest BCUT2D eigenvalue weighted by Gasteiger charge is 2.70. The maximum absolute atomic E-state index is 15.6. The molecule has 4 atom stereocenters. The van der Waals surface area contributed by atoms with Gasteiger partial charge in [0.25, 0.3) is 5.91 Å². The zero-order valence-electron chi connectivity index (χ0n) is 28.0. The number of thioether (sulfide) groups is 1. The van der Waals surface area contributed by atoms with Crippen molar-refractivity contribution in [2.24, 2.45) is 5.92 Å². The average molecular weight is 795 g/mol. The Morgan fingerprint density at radius 3 is 2.31 bits per heavy atom. The summed E-state index contributed by atoms with van der Waals surface area (Å²) in [7, 11) is 2.92. The Labute approximate surface area is 326 Å². The molecule has 0 bridgehead atoms. The van der Waals surface area contributed by atoms with E-state index >= 15 is 9.59 Å². The van der Waals surface area contributed by atoms with Gasteiger partial charge in [-0.3, -0.25) is 14.5 Å². The molecule has 0 saturated carbocycles. The predicted octanol–water partition coefficient (Wildman–Crippen LogP) is 9.31. The fraction of sp³-hybridized carbons (Fsp3) is 0.225. The molecule has 3 aliphatic heterocycles. The molecule has 52 heavy (non-hydrogen) atoms. The highest BCUT2D eigenvalue weighted by Crippen LogP contribution is 2.63. The Bertz CT molecular complexity index is 2140. The summed E-state index contributed by atoms with van der Waals surface area (Å²) in [6.45, 7) is 0.254. The molecule has 4 aromatic carbocycles. The molecule has 0 aliphatic carbocycles. The molecule has 7 nitrogen and oxygen atoms in total. The van der Waals surface area contributed by atoms with E-state index < -0.39 is 23.3 Å². The first-order valence-electron chi connectivity index (χ1n) is 16.4. The first-order chi connectivity index (χ1) is 25.1. The largest absolute Gasteiger partial charge is 0.497 e. The van der Waals surface area contributed by atoms with Gasteiger partial charge in [-0.1, -0.05) is 76.7 Å². The third-order valence-corrected chi connectivity index (χ3v) is 12.2. The van der Waals surface area contributed by atoms with E-state index in [-0.39, 0.29) is 24.3 Å². The molecular weight excluding hydrogens is 762 g/mol. The molecule has 1 amide bonds. The van der Waals surface area contributed by atoms with E-state index in [1.807, 2.05) is 48.5 Å². The molecule has 0 radical (unpaired) electrons. The zero-order valence-corrected chi connectivity index (χ0v) is 31.9. The minimum Gasteiger partial charge on any atom is -0.497 e. The molecule has 1 spiro atoms. The molecule has 0 aromatic heterocycles. The monoisotopic (exact) mass is 792 g/mol. The van der Waals surface area contributed by atoms with Gasteiger partial charge in [-0.05, 0) is 89.0 Å². The second-order valence-corrected chi connectivity index (χ2v) is 15.4. The van der Waals surface area contributed by atoms with Crippen LogP contribution in [0.2, 0.25) is 20.1 Å². The van der Waals surface area contributed by atoms with Gasteiger partial charge in [-0.2, -0.15) is 0 Å². The Hall–Kier alpha value is -3.76. The number of anilines is 1. The lowest BCUT2D eigenvalue weighted by molar-refractivity contribution is -0.136. The second kappa shape index (κ2) is 14.9. The topological polar surface area (TPSA) is 76.1 Å². The van der Waals surface area contributed by atoms with Gasteiger partial charge in [-0.15, -0.1) is 11.8 Å². The van der Waals surface area contributed by atoms with Crippen LogP contribution < -0.4 is 9.64 Å². The minimum absolute atomic E-state index is 0.219. The van der Waals surface area contributed by atoms with Crippen LogP contribution in [0.15, 0.2) is 91.0 Å². The molecule has 0 N–H and O–H groups in total. The summed E-state index contributed by atoms with van der Waals surface area (Å²) < 4.78 is 10.2. The third-order valence-electron chi connectivity index (χ3n) is 10.0. The van der Waals surface area contributed by atoms with Crippen molar-refractivity contribution >= 4 is 93.7 Å². The van der Waals surface area contributed by atoms with Crippen molar-refractivity contribution in [1.29, 1.82) is 0 Å². The molecule has 1 unspecified atom stereocenters. The summed E-state index contributed by atoms with van der Waals surface area (Å²) in [6, 6.07) is 23.3. The standard InChI is InChI=1S/C40H32Cl4N2O5S/c1-50-28-11-3-24(4-12-28)20-45-33-14-5-23(6-16-36(48)51-2)17-30(33)40(39(45)49)38(35(47)15-8-25-7-9-26(41)18-31(25)43)37(34-21-52-22-46(34)40)29-13-10-27(42)19-32(29)44/h3-19,34,37-38H,20-22H2,1-2H3/b15-8+,16-6+/t34-,37-,38+,40?/m0/s1. The van der Waals surface area contributed by atoms with Crippen LogP contribution in [0.1, 0.15) is 33.7 Å². The number of carbonyl (C=O) groups is 3. The van der Waals surface area contributed by atoms with Crippen LogP contribution in [0.5, 0.6) is 5.75 Å². The number of benzene rings is 4. The number of hydrogen-bond acceptors (Lipinski definition) is 7. The number of amides is 1. The van der Waals surface area contributed by atoms with E-state index in [9.17, 15) is 4.79 Å². The fourth-order valence-corrected chi connectivity index (χ4v) is 10.1. The number of hydrogen-bond donors (Lipinski definition) is 0. The molecule has 4 aromatic rings. The van der Waals surface area contributed by atoms with E-state index in [1.54, 1.807) is 66.3 Å². The van der Waals surface area contributed by atoms with E-state index in [0.717, 1.165) is 11.1 Å². The van der Waals surface area contributed by atoms with Crippen molar-refractivity contribution in [2.45, 2.75) is 24.0 Å². The van der Waals surface area contributed by atoms with E-state index in [2.05, 4.69) is 4.90 Å². The van der Waals surface area contributed by atoms with Gasteiger partial charge in [0.2, 0.25) is 0 Å². The lowest BCUT2D eigenvalue weighted by Gasteiger charge is -2.37. The summed E-state index contributed by atoms with van der Waals surface area (Å²) in [4.78, 5) is 46.7. The summed E-state index contributed by atoms with van der Waals surface area (Å²) in [5.74, 6) is -0.510. The van der Waals surface area contributed by atoms with Crippen LogP contribution in [0.25, 0.3) is 12.2 Å². The average Bonchev–Trinajstić information content (AvgIpc) is 3.79. The predicted molar refractivity (Wildman–Crippen MR) is 210 cm³/mol. The lowest BCUT2D eigenvalue weighted by atomic mass is 9.70. The molecular formula is C40H32Cl4N2O5S. The SMILES string of the molecule is COC(=O)/C=C/c1ccc2c(c1)C1(C(=O)N2Cc2ccc(OC)cc2)[C@H](C(=O)/C=C/c2ccc(Cl)cc2Cl)[C@@H](c2ccc(Cl)cc2Cl)[C@@H]2CSCN21. The summed E-state index contributed by atoms with van der Waals surface area (Å²) in [5.41, 5.74) is 2.83. The van der Waals surface area contributed by atoms with Crippen LogP contribution in [0.3, 0.4) is 0 Å². The quantitative estimate of drug-likeness (QED) is 0.124. The van der Waals surface area contributed by atoms with Crippen molar-refractivity contribution in [2.75, 3.05) is 30.7 Å². The minimum atomic E-state index is -1.43. The Balaban J connectivity index is 1.45. The van der Waals surface area contributed by atoms with Gasteiger partial charge >= 0.3 is 5.97 Å². The van der Waals surface area contributed by atoms with Crippen molar-refractivity contribution in [3.05, 3.63) is 139 Å². The fourth-order valence-electron chi connectivity index (χ4n) is 7.74. The van der Waals surface area contributed by atoms with Gasteiger partial charge in [0.15, 0.2) is 5.78 Å². The zero-order chi connectivity index (χ0) is 36.7. The molecule has 266 valence electrons. The maximum atomic E-state index is 15.6. The van der Waals surface area contributed by atoms with Crippen molar-refractivity contribution in [3.8, 4) is 5.75 Å². The number of carbonyl (C=O) groups excluding carboxylic acids is 3. The molecule has 2 saturated heterocycles. The Morgan fingerprint density at radius 2 is 1.62 bits per heavy atom. The van der Waals surface area contributed by atoms with E-state index in [4.69, 9.17) is 55.9 Å². The number of esters is 1. The number of fused-ring (bicyclic) bond motifs is 4. The number of halogens is 4. The maximum Gasteiger partial charge on any atom is 0.330 e. The number of allylic oxidation sites excluding steroid dienone is 1. The van der Waals surface area contributed by atoms with Gasteiger partial charge in [0.1, 0.15) is 11.3 Å². The van der Waals surface area contributed by atoms with Crippen LogP contribution in [-0.2, 0) is 31.2 Å². The normalized spacial score (nSPS) is 22.5. The van der Waals surface area contributed by atoms with Crippen molar-refractivity contribution in [3.63, 3.8) is 0 Å². The molecule has 3 heterocycles. The van der Waals surface area contributed by atoms with E-state index in [1.165, 1.54) is 19.3 Å². The number of nitrogens with zero attached hydrogens (tertiary/aromatic N) is 2. The smallest absolute Gasteiger partial charge is 0.330 e. The first kappa shape index (κ1) is 36.6. The van der Waals surface area contributed by atoms with Gasteiger partial charge in [0.05, 0.1) is 26.7 Å². The molecule has 3 aliphatic rings. The highest BCUT2D eigenvalue weighted by atomic mass is 35.5. The first-order valence-corrected chi connectivity index (χ1v) is 19.0. The number of methoxy groups -OCH3 is 2. The van der Waals surface area contributed by atoms with Crippen molar-refractivity contribution < 1.29 is 23.9 Å². The van der Waals surface area contributed by atoms with Gasteiger partial charge in [0, 0.05) is 61.0 Å². The molecule has 2 fully saturated rings. The lowest BCUT2D eigenvalue weighted by Crippen LogP contribution is -2.54. The van der Waals surface area contributed by atoms with Gasteiger partial charge in [-0.25, -0.2) is 4.79 Å². The van der Waals surface area contributed by atoms with E-state index in [0.29, 0.717) is 59.8 Å². The van der Waals surface area contributed by atoms with Crippen molar-refractivity contribution in [1.82, 2.24) is 4.90 Å². The molecule has 7 rings (SSSR count). The van der Waals surface area contributed by atoms with Crippen LogP contribution in [0.4, 0.5) is 5.69 Å². The second-order valence-electron chi connectivity index (χ2n) is 12.7. The summed E-state index contributed by atoms with van der Waals surface area (Å²) in [5, 5.41) is 1.75. The Morgan fingerprint density at radius 1 is 0.885 bits per heavy atom. The van der Waals surface area contributed by atoms with Crippen LogP contribution >= 0.6 is 58.2 Å². The van der Waals surface area contributed by atoms with Gasteiger partial charge < -0.3 is 14.4 Å². The summed E-state index contributed by atoms with van der Waals surface area (Å²) >= 11 is 27.7. The number of rotatable bonds is 9. The highest BCUT2D eigenvalue weighted by molar-refractivity contribution is 7.99. The Kier molecular flexibility index (Phi) is 10.5. The summed E-state index contributed by atoms with van der Waals surface area (Å²) in [6.07, 6.45) is 6.15.